The van der Waals surface area contributed by atoms with Crippen LogP contribution in [0.25, 0.3) is 22.8 Å². The van der Waals surface area contributed by atoms with E-state index < -0.39 is 0 Å². The summed E-state index contributed by atoms with van der Waals surface area (Å²) in [6.07, 6.45) is 2.63. The molecule has 2 fully saturated rings. The largest absolute Gasteiger partial charge is 0.251 e. The fraction of sp³-hybridized carbons (Fsp3) is 0.571. The van der Waals surface area contributed by atoms with Crippen molar-refractivity contribution in [3.8, 4) is 22.8 Å². The van der Waals surface area contributed by atoms with Gasteiger partial charge in [0.1, 0.15) is 0 Å². The SMILES string of the molecule is CC(C)C1c2nc(-c3cccc(-c4ccc5c(n4)C(C(C)C)C4CC5C4(C)C)n3)ccc2C2CC1C2(C)C. The van der Waals surface area contributed by atoms with Crippen molar-refractivity contribution in [2.24, 2.45) is 34.5 Å². The van der Waals surface area contributed by atoms with Crippen LogP contribution >= 0.6 is 0 Å². The molecule has 3 aromatic heterocycles. The molecule has 0 spiro atoms. The zero-order chi connectivity index (χ0) is 26.7. The Kier molecular flexibility index (Phi) is 5.15. The van der Waals surface area contributed by atoms with E-state index in [1.807, 2.05) is 0 Å². The Morgan fingerprint density at radius 1 is 0.579 bits per heavy atom. The Hall–Kier alpha value is -2.55. The molecule has 3 nitrogen and oxygen atoms in total. The van der Waals surface area contributed by atoms with Crippen LogP contribution in [0.15, 0.2) is 42.5 Å². The maximum atomic E-state index is 5.32. The second-order valence-electron chi connectivity index (χ2n) is 14.7. The molecule has 38 heavy (non-hydrogen) atoms. The summed E-state index contributed by atoms with van der Waals surface area (Å²) in [6.45, 7) is 19.3. The Morgan fingerprint density at radius 3 is 1.34 bits per heavy atom. The van der Waals surface area contributed by atoms with E-state index in [-0.39, 0.29) is 0 Å². The second kappa shape index (κ2) is 7.99. The molecule has 6 aliphatic rings. The van der Waals surface area contributed by atoms with Gasteiger partial charge in [-0.1, -0.05) is 73.6 Å². The number of hydrogen-bond acceptors (Lipinski definition) is 3. The van der Waals surface area contributed by atoms with Crippen LogP contribution in [0.3, 0.4) is 0 Å². The molecule has 0 amide bonds. The van der Waals surface area contributed by atoms with Gasteiger partial charge in [0.2, 0.25) is 0 Å². The van der Waals surface area contributed by atoms with E-state index in [1.165, 1.54) is 35.4 Å². The average Bonchev–Trinajstić information content (AvgIpc) is 2.90. The van der Waals surface area contributed by atoms with Crippen molar-refractivity contribution in [1.82, 2.24) is 15.0 Å². The third-order valence-electron chi connectivity index (χ3n) is 11.6. The molecule has 6 atom stereocenters. The number of pyridine rings is 3. The highest BCUT2D eigenvalue weighted by Crippen LogP contribution is 2.68. The first-order valence-corrected chi connectivity index (χ1v) is 15.0. The van der Waals surface area contributed by atoms with Crippen LogP contribution < -0.4 is 0 Å². The van der Waals surface area contributed by atoms with E-state index in [2.05, 4.69) is 97.9 Å². The lowest BCUT2D eigenvalue weighted by atomic mass is 9.43. The molecular formula is C35H43N3. The first-order valence-electron chi connectivity index (χ1n) is 15.0. The average molecular weight is 506 g/mol. The third-order valence-corrected chi connectivity index (χ3v) is 11.6. The lowest BCUT2D eigenvalue weighted by Crippen LogP contribution is -2.51. The van der Waals surface area contributed by atoms with Gasteiger partial charge in [0.05, 0.1) is 22.8 Å². The lowest BCUT2D eigenvalue weighted by molar-refractivity contribution is -0.0198. The molecule has 0 radical (unpaired) electrons. The number of rotatable bonds is 4. The standard InChI is InChI=1S/C35H43N3/c1-18(2)30-24-16-22(34(24,5)6)20-12-14-28(37-32(20)30)26-10-9-11-27(36-26)29-15-13-21-23-17-25(35(23,7)8)31(19(3)4)33(21)38-29/h9-15,18-19,22-25,30-31H,16-17H2,1-8H3. The minimum atomic E-state index is 0.380. The summed E-state index contributed by atoms with van der Waals surface area (Å²) < 4.78 is 0. The van der Waals surface area contributed by atoms with Crippen LogP contribution in [0.5, 0.6) is 0 Å². The third kappa shape index (κ3) is 3.17. The highest BCUT2D eigenvalue weighted by atomic mass is 14.9. The summed E-state index contributed by atoms with van der Waals surface area (Å²) in [5.74, 6) is 4.97. The summed E-state index contributed by atoms with van der Waals surface area (Å²) in [6, 6.07) is 15.5. The van der Waals surface area contributed by atoms with Gasteiger partial charge in [-0.25, -0.2) is 4.98 Å². The van der Waals surface area contributed by atoms with Gasteiger partial charge >= 0.3 is 0 Å². The molecule has 3 aromatic rings. The molecule has 0 N–H and O–H groups in total. The fourth-order valence-electron chi connectivity index (χ4n) is 9.23. The predicted molar refractivity (Wildman–Crippen MR) is 155 cm³/mol. The highest BCUT2D eigenvalue weighted by Gasteiger charge is 2.59. The van der Waals surface area contributed by atoms with Crippen molar-refractivity contribution >= 4 is 0 Å². The zero-order valence-corrected chi connectivity index (χ0v) is 24.4. The van der Waals surface area contributed by atoms with Crippen LogP contribution in [0.4, 0.5) is 0 Å². The molecule has 6 aliphatic carbocycles. The highest BCUT2D eigenvalue weighted by molar-refractivity contribution is 5.63. The molecule has 3 heterocycles. The Balaban J connectivity index is 1.27. The normalized spacial score (nSPS) is 31.3. The Bertz CT molecular complexity index is 1330. The van der Waals surface area contributed by atoms with Crippen molar-refractivity contribution in [2.45, 2.75) is 91.9 Å². The number of nitrogens with zero attached hydrogens (tertiary/aromatic N) is 3. The van der Waals surface area contributed by atoms with Crippen LogP contribution in [0, 0.1) is 34.5 Å². The number of hydrogen-bond donors (Lipinski definition) is 0. The fourth-order valence-corrected chi connectivity index (χ4v) is 9.23. The lowest BCUT2D eigenvalue weighted by Gasteiger charge is -2.61. The van der Waals surface area contributed by atoms with Crippen LogP contribution in [0.2, 0.25) is 0 Å². The van der Waals surface area contributed by atoms with Crippen LogP contribution in [-0.4, -0.2) is 15.0 Å². The van der Waals surface area contributed by atoms with E-state index in [0.29, 0.717) is 46.3 Å². The first kappa shape index (κ1) is 24.5. The smallest absolute Gasteiger partial charge is 0.0894 e. The van der Waals surface area contributed by atoms with Crippen molar-refractivity contribution < 1.29 is 0 Å². The maximum absolute atomic E-state index is 5.32. The Labute approximate surface area is 228 Å². The summed E-state index contributed by atoms with van der Waals surface area (Å²) in [7, 11) is 0. The summed E-state index contributed by atoms with van der Waals surface area (Å²) in [5, 5.41) is 0. The van der Waals surface area contributed by atoms with E-state index in [9.17, 15) is 0 Å². The van der Waals surface area contributed by atoms with Crippen molar-refractivity contribution in [1.29, 1.82) is 0 Å². The summed E-state index contributed by atoms with van der Waals surface area (Å²) in [5.41, 5.74) is 10.3. The minimum absolute atomic E-state index is 0.380. The summed E-state index contributed by atoms with van der Waals surface area (Å²) >= 11 is 0. The molecule has 4 bridgehead atoms. The molecule has 198 valence electrons. The van der Waals surface area contributed by atoms with E-state index >= 15 is 0 Å². The minimum Gasteiger partial charge on any atom is -0.251 e. The molecule has 2 saturated carbocycles. The monoisotopic (exact) mass is 505 g/mol. The van der Waals surface area contributed by atoms with Gasteiger partial charge in [0, 0.05) is 23.2 Å². The molecule has 9 rings (SSSR count). The van der Waals surface area contributed by atoms with Gasteiger partial charge in [-0.05, 0) is 94.6 Å². The molecule has 0 aliphatic heterocycles. The summed E-state index contributed by atoms with van der Waals surface area (Å²) in [4.78, 5) is 15.8. The molecule has 3 heteroatoms. The van der Waals surface area contributed by atoms with Crippen molar-refractivity contribution in [2.75, 3.05) is 0 Å². The molecule has 6 unspecified atom stereocenters. The zero-order valence-electron chi connectivity index (χ0n) is 24.4. The quantitative estimate of drug-likeness (QED) is 0.355. The van der Waals surface area contributed by atoms with Gasteiger partial charge in [0.15, 0.2) is 0 Å². The van der Waals surface area contributed by atoms with Gasteiger partial charge in [-0.15, -0.1) is 0 Å². The Morgan fingerprint density at radius 2 is 0.974 bits per heavy atom. The van der Waals surface area contributed by atoms with Crippen molar-refractivity contribution in [3.63, 3.8) is 0 Å². The van der Waals surface area contributed by atoms with Gasteiger partial charge in [-0.2, -0.15) is 0 Å². The van der Waals surface area contributed by atoms with Gasteiger partial charge in [0.25, 0.3) is 0 Å². The first-order chi connectivity index (χ1) is 18.0. The number of aromatic nitrogens is 3. The van der Waals surface area contributed by atoms with Gasteiger partial charge < -0.3 is 0 Å². The predicted octanol–water partition coefficient (Wildman–Crippen LogP) is 8.97. The van der Waals surface area contributed by atoms with Crippen LogP contribution in [0.1, 0.15) is 114 Å². The molecular weight excluding hydrogens is 462 g/mol. The topological polar surface area (TPSA) is 38.7 Å². The van der Waals surface area contributed by atoms with E-state index in [1.54, 1.807) is 0 Å². The van der Waals surface area contributed by atoms with E-state index in [4.69, 9.17) is 15.0 Å². The second-order valence-corrected chi connectivity index (χ2v) is 14.7. The van der Waals surface area contributed by atoms with E-state index in [0.717, 1.165) is 34.6 Å². The molecule has 0 aromatic carbocycles. The van der Waals surface area contributed by atoms with Gasteiger partial charge in [-0.3, -0.25) is 9.97 Å². The van der Waals surface area contributed by atoms with Crippen molar-refractivity contribution in [3.05, 3.63) is 65.0 Å². The maximum Gasteiger partial charge on any atom is 0.0894 e. The van der Waals surface area contributed by atoms with Crippen LogP contribution in [-0.2, 0) is 0 Å². The molecule has 0 saturated heterocycles.